The average molecular weight is 432 g/mol. The van der Waals surface area contributed by atoms with Crippen molar-refractivity contribution >= 4 is 54.7 Å². The zero-order valence-corrected chi connectivity index (χ0v) is 18.6. The van der Waals surface area contributed by atoms with Gasteiger partial charge in [-0.25, -0.2) is 4.79 Å². The highest BCUT2D eigenvalue weighted by molar-refractivity contribution is 8.18. The largest absolute Gasteiger partial charge is 0.454 e. The molecule has 27 heavy (non-hydrogen) atoms. The fraction of sp³-hybridized carbons (Fsp3) is 0.647. The number of hydrogen-bond acceptors (Lipinski definition) is 8. The first-order valence-corrected chi connectivity index (χ1v) is 14.1. The van der Waals surface area contributed by atoms with Crippen LogP contribution in [0.2, 0.25) is 19.6 Å². The van der Waals surface area contributed by atoms with Crippen LogP contribution in [0.3, 0.4) is 0 Å². The maximum Gasteiger partial charge on any atom is 0.397 e. The summed E-state index contributed by atoms with van der Waals surface area (Å²) in [7, 11) is -1.94. The SMILES string of the molecule is C=CCOC(=O)C(=O)N1C(=O)[C@H]([C@@H](C)O[Si](C)(C)C)[C@H]1[C@H]1SCCSC1=O. The number of hydrogen-bond donors (Lipinski definition) is 0. The number of imide groups is 1. The van der Waals surface area contributed by atoms with Gasteiger partial charge in [0.15, 0.2) is 8.32 Å². The predicted octanol–water partition coefficient (Wildman–Crippen LogP) is 1.68. The van der Waals surface area contributed by atoms with Gasteiger partial charge in [-0.05, 0) is 26.6 Å². The summed E-state index contributed by atoms with van der Waals surface area (Å²) in [6, 6.07) is -0.696. The summed E-state index contributed by atoms with van der Waals surface area (Å²) >= 11 is 2.62. The molecule has 0 N–H and O–H groups in total. The second kappa shape index (κ2) is 8.93. The van der Waals surface area contributed by atoms with E-state index in [9.17, 15) is 19.2 Å². The quantitative estimate of drug-likeness (QED) is 0.206. The third-order valence-electron chi connectivity index (χ3n) is 4.13. The Hall–Kier alpha value is -1.10. The molecular formula is C17H25NO6S2Si. The van der Waals surface area contributed by atoms with Crippen molar-refractivity contribution in [3.8, 4) is 0 Å². The molecule has 0 aromatic heterocycles. The number of carbonyl (C=O) groups is 4. The normalized spacial score (nSPS) is 27.0. The summed E-state index contributed by atoms with van der Waals surface area (Å²) < 4.78 is 10.8. The molecule has 2 heterocycles. The first-order chi connectivity index (χ1) is 12.6. The van der Waals surface area contributed by atoms with Crippen molar-refractivity contribution in [1.82, 2.24) is 4.90 Å². The molecule has 0 aromatic rings. The molecule has 2 fully saturated rings. The highest BCUT2D eigenvalue weighted by Gasteiger charge is 2.59. The van der Waals surface area contributed by atoms with Crippen LogP contribution in [0.15, 0.2) is 12.7 Å². The number of thioether (sulfide) groups is 2. The fourth-order valence-electron chi connectivity index (χ4n) is 3.20. The zero-order valence-electron chi connectivity index (χ0n) is 15.9. The third-order valence-corrected chi connectivity index (χ3v) is 7.85. The zero-order chi connectivity index (χ0) is 20.4. The van der Waals surface area contributed by atoms with Gasteiger partial charge in [0.2, 0.25) is 11.0 Å². The predicted molar refractivity (Wildman–Crippen MR) is 108 cm³/mol. The molecule has 0 saturated carbocycles. The van der Waals surface area contributed by atoms with Gasteiger partial charge in [0.25, 0.3) is 0 Å². The summed E-state index contributed by atoms with van der Waals surface area (Å²) in [6.45, 7) is 11.1. The minimum absolute atomic E-state index is 0.0776. The van der Waals surface area contributed by atoms with Gasteiger partial charge in [-0.2, -0.15) is 0 Å². The highest BCUT2D eigenvalue weighted by atomic mass is 32.2. The minimum atomic E-state index is -1.94. The van der Waals surface area contributed by atoms with Crippen molar-refractivity contribution in [3.63, 3.8) is 0 Å². The fourth-order valence-corrected chi connectivity index (χ4v) is 6.97. The molecule has 2 aliphatic heterocycles. The van der Waals surface area contributed by atoms with E-state index < -0.39 is 49.4 Å². The molecule has 0 aliphatic carbocycles. The lowest BCUT2D eigenvalue weighted by atomic mass is 9.81. The van der Waals surface area contributed by atoms with Crippen molar-refractivity contribution in [1.29, 1.82) is 0 Å². The molecule has 0 unspecified atom stereocenters. The van der Waals surface area contributed by atoms with Crippen LogP contribution in [0.1, 0.15) is 6.92 Å². The Labute approximate surface area is 168 Å². The van der Waals surface area contributed by atoms with E-state index in [1.807, 2.05) is 19.6 Å². The van der Waals surface area contributed by atoms with Crippen LogP contribution in [-0.4, -0.2) is 71.6 Å². The molecular weight excluding hydrogens is 406 g/mol. The van der Waals surface area contributed by atoms with Gasteiger partial charge >= 0.3 is 11.9 Å². The summed E-state index contributed by atoms with van der Waals surface area (Å²) in [4.78, 5) is 50.5. The summed E-state index contributed by atoms with van der Waals surface area (Å²) in [5.74, 6) is -1.84. The number of carbonyl (C=O) groups excluding carboxylic acids is 4. The Morgan fingerprint density at radius 2 is 2.00 bits per heavy atom. The molecule has 10 heteroatoms. The standard InChI is InChI=1S/C17H25NO6S2Si/c1-6-7-23-16(21)15(20)18-12(13-17(22)26-9-8-25-13)11(14(18)19)10(2)24-27(3,4)5/h6,10-13H,1,7-9H2,2-5H3/t10-,11-,12+,13-/m1/s1. The van der Waals surface area contributed by atoms with Crippen LogP contribution in [0.25, 0.3) is 0 Å². The number of esters is 1. The lowest BCUT2D eigenvalue weighted by molar-refractivity contribution is -0.179. The van der Waals surface area contributed by atoms with Gasteiger partial charge in [-0.15, -0.1) is 11.8 Å². The molecule has 2 rings (SSSR count). The molecule has 2 aliphatic rings. The van der Waals surface area contributed by atoms with E-state index in [-0.39, 0.29) is 11.7 Å². The first kappa shape index (κ1) is 22.2. The van der Waals surface area contributed by atoms with E-state index in [2.05, 4.69) is 6.58 Å². The van der Waals surface area contributed by atoms with Crippen LogP contribution in [0.5, 0.6) is 0 Å². The van der Waals surface area contributed by atoms with E-state index in [1.165, 1.54) is 29.6 Å². The second-order valence-electron chi connectivity index (χ2n) is 7.31. The van der Waals surface area contributed by atoms with E-state index in [4.69, 9.17) is 9.16 Å². The molecule has 0 aromatic carbocycles. The maximum absolute atomic E-state index is 12.8. The molecule has 4 atom stereocenters. The minimum Gasteiger partial charge on any atom is -0.454 e. The van der Waals surface area contributed by atoms with Gasteiger partial charge in [-0.1, -0.05) is 24.4 Å². The Balaban J connectivity index is 2.26. The number of nitrogens with zero attached hydrogens (tertiary/aromatic N) is 1. The third kappa shape index (κ3) is 5.04. The van der Waals surface area contributed by atoms with E-state index in [0.29, 0.717) is 5.75 Å². The van der Waals surface area contributed by atoms with Gasteiger partial charge < -0.3 is 9.16 Å². The van der Waals surface area contributed by atoms with E-state index in [0.717, 1.165) is 10.7 Å². The number of β-lactam (4-membered cyclic amide) rings is 1. The number of ether oxygens (including phenoxy) is 1. The Kier molecular flexibility index (Phi) is 7.34. The average Bonchev–Trinajstić information content (AvgIpc) is 2.56. The smallest absolute Gasteiger partial charge is 0.397 e. The van der Waals surface area contributed by atoms with Crippen molar-refractivity contribution in [3.05, 3.63) is 12.7 Å². The second-order valence-corrected chi connectivity index (χ2v) is 14.1. The summed E-state index contributed by atoms with van der Waals surface area (Å²) in [5, 5.41) is -0.637. The van der Waals surface area contributed by atoms with E-state index >= 15 is 0 Å². The van der Waals surface area contributed by atoms with Crippen molar-refractivity contribution < 1.29 is 28.3 Å². The molecule has 150 valence electrons. The van der Waals surface area contributed by atoms with Crippen LogP contribution < -0.4 is 0 Å². The summed E-state index contributed by atoms with van der Waals surface area (Å²) in [6.07, 6.45) is 0.896. The van der Waals surface area contributed by atoms with Crippen LogP contribution >= 0.6 is 23.5 Å². The number of likely N-dealkylation sites (tertiary alicyclic amines) is 1. The van der Waals surface area contributed by atoms with Gasteiger partial charge in [0.1, 0.15) is 6.61 Å². The Morgan fingerprint density at radius 1 is 1.33 bits per heavy atom. The first-order valence-electron chi connectivity index (χ1n) is 8.69. The van der Waals surface area contributed by atoms with Crippen molar-refractivity contribution in [2.45, 2.75) is 44.0 Å². The van der Waals surface area contributed by atoms with E-state index in [1.54, 1.807) is 6.92 Å². The maximum atomic E-state index is 12.8. The molecule has 2 amide bonds. The molecule has 0 bridgehead atoms. The topological polar surface area (TPSA) is 90.0 Å². The number of amides is 2. The van der Waals surface area contributed by atoms with Crippen LogP contribution in [-0.2, 0) is 28.3 Å². The lowest BCUT2D eigenvalue weighted by Crippen LogP contribution is -2.72. The Morgan fingerprint density at radius 3 is 2.56 bits per heavy atom. The van der Waals surface area contributed by atoms with Crippen LogP contribution in [0.4, 0.5) is 0 Å². The monoisotopic (exact) mass is 431 g/mol. The Bertz CT molecular complexity index is 650. The van der Waals surface area contributed by atoms with Crippen molar-refractivity contribution in [2.75, 3.05) is 18.1 Å². The molecule has 7 nitrogen and oxygen atoms in total. The van der Waals surface area contributed by atoms with Gasteiger partial charge in [0, 0.05) is 11.5 Å². The molecule has 2 saturated heterocycles. The summed E-state index contributed by atoms with van der Waals surface area (Å²) in [5.41, 5.74) is 0. The highest BCUT2D eigenvalue weighted by Crippen LogP contribution is 2.42. The van der Waals surface area contributed by atoms with Crippen LogP contribution in [0, 0.1) is 5.92 Å². The number of rotatable bonds is 6. The molecule has 0 radical (unpaired) electrons. The molecule has 0 spiro atoms. The van der Waals surface area contributed by atoms with Gasteiger partial charge in [-0.3, -0.25) is 19.3 Å². The van der Waals surface area contributed by atoms with Crippen molar-refractivity contribution in [2.24, 2.45) is 5.92 Å². The van der Waals surface area contributed by atoms with Gasteiger partial charge in [0.05, 0.1) is 23.3 Å². The lowest BCUT2D eigenvalue weighted by Gasteiger charge is -2.51.